The molecule has 14 nitrogen and oxygen atoms in total. The highest BCUT2D eigenvalue weighted by atomic mass is 16.5. The van der Waals surface area contributed by atoms with Crippen LogP contribution < -0.4 is 29.1 Å². The molecule has 8 heterocycles. The predicted octanol–water partition coefficient (Wildman–Crippen LogP) is 6.72. The Labute approximate surface area is 357 Å². The molecule has 61 heavy (non-hydrogen) atoms. The maximum atomic E-state index is 9.78. The average molecular weight is 825 g/mol. The van der Waals surface area contributed by atoms with Crippen LogP contribution in [0.5, 0.6) is 11.8 Å². The summed E-state index contributed by atoms with van der Waals surface area (Å²) in [7, 11) is 1.79. The summed E-state index contributed by atoms with van der Waals surface area (Å²) in [4.78, 5) is 36.9. The summed E-state index contributed by atoms with van der Waals surface area (Å²) in [6, 6.07) is 25.0. The molecule has 0 spiro atoms. The summed E-state index contributed by atoms with van der Waals surface area (Å²) >= 11 is 0. The number of hydrogen-bond donors (Lipinski definition) is 1. The van der Waals surface area contributed by atoms with Crippen LogP contribution in [0, 0.1) is 0 Å². The topological polar surface area (TPSA) is 138 Å². The molecule has 4 fully saturated rings. The molecule has 4 saturated heterocycles. The fourth-order valence-electron chi connectivity index (χ4n) is 8.80. The molecule has 10 rings (SSSR count). The zero-order valence-electron chi connectivity index (χ0n) is 35.0. The second-order valence-corrected chi connectivity index (χ2v) is 16.3. The van der Waals surface area contributed by atoms with Crippen molar-refractivity contribution in [3.8, 4) is 11.8 Å². The van der Waals surface area contributed by atoms with Gasteiger partial charge in [-0.15, -0.1) is 0 Å². The SMILES string of the molecule is COC1CCN(c2nccnc2OC2CCN(c3ccc4ccccc4n3)CC2)CC1.OC1CCN(c2nccnc2OC2CCN(c3ccc4ccccc4n3)CC2)CC1. The minimum atomic E-state index is -0.213. The zero-order chi connectivity index (χ0) is 41.4. The first-order chi connectivity index (χ1) is 30.1. The molecule has 0 unspecified atom stereocenters. The van der Waals surface area contributed by atoms with Gasteiger partial charge in [-0.1, -0.05) is 36.4 Å². The first kappa shape index (κ1) is 40.5. The fraction of sp³-hybridized carbons (Fsp3) is 0.447. The maximum absolute atomic E-state index is 9.78. The van der Waals surface area contributed by atoms with Gasteiger partial charge in [0.15, 0.2) is 11.6 Å². The van der Waals surface area contributed by atoms with Gasteiger partial charge in [0, 0.05) is 121 Å². The van der Waals surface area contributed by atoms with Crippen LogP contribution in [-0.4, -0.2) is 119 Å². The number of piperidine rings is 4. The normalized spacial score (nSPS) is 18.6. The van der Waals surface area contributed by atoms with Gasteiger partial charge < -0.3 is 38.9 Å². The van der Waals surface area contributed by atoms with Crippen LogP contribution >= 0.6 is 0 Å². The third-order valence-corrected chi connectivity index (χ3v) is 12.4. The number of aliphatic hydroxyl groups is 1. The third-order valence-electron chi connectivity index (χ3n) is 12.4. The molecule has 14 heteroatoms. The second kappa shape index (κ2) is 19.2. The van der Waals surface area contributed by atoms with Crippen LogP contribution in [0.15, 0.2) is 97.6 Å². The van der Waals surface area contributed by atoms with E-state index in [1.165, 1.54) is 10.8 Å². The Morgan fingerprint density at radius 2 is 0.852 bits per heavy atom. The molecule has 0 amide bonds. The monoisotopic (exact) mass is 824 g/mol. The highest BCUT2D eigenvalue weighted by Crippen LogP contribution is 2.32. The van der Waals surface area contributed by atoms with E-state index in [2.05, 4.69) is 88.1 Å². The molecule has 0 radical (unpaired) electrons. The fourth-order valence-corrected chi connectivity index (χ4v) is 8.80. The van der Waals surface area contributed by atoms with E-state index in [4.69, 9.17) is 24.2 Å². The first-order valence-corrected chi connectivity index (χ1v) is 21.9. The van der Waals surface area contributed by atoms with Crippen LogP contribution in [0.3, 0.4) is 0 Å². The minimum Gasteiger partial charge on any atom is -0.472 e. The van der Waals surface area contributed by atoms with Gasteiger partial charge in [0.05, 0.1) is 23.2 Å². The number of benzene rings is 2. The van der Waals surface area contributed by atoms with Crippen molar-refractivity contribution in [3.05, 3.63) is 97.6 Å². The van der Waals surface area contributed by atoms with E-state index in [1.807, 2.05) is 24.3 Å². The van der Waals surface area contributed by atoms with Crippen molar-refractivity contribution in [1.29, 1.82) is 0 Å². The number of ether oxygens (including phenoxy) is 3. The number of methoxy groups -OCH3 is 1. The summed E-state index contributed by atoms with van der Waals surface area (Å²) in [5, 5.41) is 12.1. The number of hydrogen-bond acceptors (Lipinski definition) is 14. The Hall–Kier alpha value is -5.86. The molecule has 0 saturated carbocycles. The Kier molecular flexibility index (Phi) is 12.8. The van der Waals surface area contributed by atoms with Crippen molar-refractivity contribution < 1.29 is 19.3 Å². The third kappa shape index (κ3) is 9.87. The largest absolute Gasteiger partial charge is 0.472 e. The van der Waals surface area contributed by atoms with Crippen LogP contribution in [0.4, 0.5) is 23.3 Å². The Morgan fingerprint density at radius 3 is 1.31 bits per heavy atom. The zero-order valence-corrected chi connectivity index (χ0v) is 35.0. The van der Waals surface area contributed by atoms with Crippen molar-refractivity contribution in [3.63, 3.8) is 0 Å². The number of para-hydroxylation sites is 2. The molecule has 318 valence electrons. The number of fused-ring (bicyclic) bond motifs is 2. The number of aromatic nitrogens is 6. The smallest absolute Gasteiger partial charge is 0.257 e. The molecular formula is C47H56N10O4. The second-order valence-electron chi connectivity index (χ2n) is 16.3. The van der Waals surface area contributed by atoms with Gasteiger partial charge in [-0.3, -0.25) is 0 Å². The summed E-state index contributed by atoms with van der Waals surface area (Å²) < 4.78 is 18.1. The number of aliphatic hydroxyl groups excluding tert-OH is 1. The first-order valence-electron chi connectivity index (χ1n) is 21.9. The van der Waals surface area contributed by atoms with E-state index in [-0.39, 0.29) is 18.3 Å². The quantitative estimate of drug-likeness (QED) is 0.165. The van der Waals surface area contributed by atoms with E-state index >= 15 is 0 Å². The van der Waals surface area contributed by atoms with Crippen LogP contribution in [0.2, 0.25) is 0 Å². The molecule has 0 aliphatic carbocycles. The van der Waals surface area contributed by atoms with Crippen molar-refractivity contribution in [1.82, 2.24) is 29.9 Å². The Bertz CT molecular complexity index is 2340. The van der Waals surface area contributed by atoms with Crippen molar-refractivity contribution >= 4 is 45.1 Å². The van der Waals surface area contributed by atoms with Gasteiger partial charge in [0.1, 0.15) is 23.8 Å². The van der Waals surface area contributed by atoms with Gasteiger partial charge >= 0.3 is 0 Å². The lowest BCUT2D eigenvalue weighted by molar-refractivity contribution is 0.0814. The van der Waals surface area contributed by atoms with E-state index in [0.717, 1.165) is 138 Å². The molecule has 4 aliphatic rings. The summed E-state index contributed by atoms with van der Waals surface area (Å²) in [5.74, 6) is 4.98. The molecule has 0 atom stereocenters. The van der Waals surface area contributed by atoms with Crippen LogP contribution in [0.1, 0.15) is 51.4 Å². The summed E-state index contributed by atoms with van der Waals surface area (Å²) in [6.07, 6.45) is 14.5. The Morgan fingerprint density at radius 1 is 0.459 bits per heavy atom. The van der Waals surface area contributed by atoms with Crippen molar-refractivity contribution in [2.75, 3.05) is 79.1 Å². The number of pyridine rings is 2. The number of rotatable bonds is 9. The number of anilines is 4. The standard InChI is InChI=1S/C24H29N5O2.C23H27N5O2/c1-30-19-8-16-29(17-9-19)23-24(26-13-12-25-23)31-20-10-14-28(15-11-20)22-7-6-18-4-2-3-5-21(18)27-22;29-18-7-13-28(14-8-18)22-23(25-12-11-24-22)30-19-9-15-27(16-10-19)21-6-5-17-3-1-2-4-20(17)26-21/h2-7,12-13,19-20H,8-11,14-17H2,1H3;1-6,11-12,18-19,29H,7-10,13-16H2. The van der Waals surface area contributed by atoms with E-state index in [9.17, 15) is 5.11 Å². The van der Waals surface area contributed by atoms with Gasteiger partial charge in [-0.2, -0.15) is 0 Å². The molecule has 6 aromatic rings. The average Bonchev–Trinajstić information content (AvgIpc) is 3.33. The molecule has 0 bridgehead atoms. The Balaban J connectivity index is 0.000000156. The molecule has 1 N–H and O–H groups in total. The van der Waals surface area contributed by atoms with Gasteiger partial charge in [-0.05, 0) is 62.1 Å². The van der Waals surface area contributed by atoms with Gasteiger partial charge in [-0.25, -0.2) is 29.9 Å². The molecule has 4 aliphatic heterocycles. The highest BCUT2D eigenvalue weighted by Gasteiger charge is 2.28. The van der Waals surface area contributed by atoms with E-state index in [1.54, 1.807) is 31.9 Å². The number of nitrogens with zero attached hydrogens (tertiary/aromatic N) is 10. The van der Waals surface area contributed by atoms with E-state index < -0.39 is 0 Å². The van der Waals surface area contributed by atoms with Crippen LogP contribution in [0.25, 0.3) is 21.8 Å². The maximum Gasteiger partial charge on any atom is 0.257 e. The molecule has 4 aromatic heterocycles. The van der Waals surface area contributed by atoms with Gasteiger partial charge in [0.2, 0.25) is 0 Å². The van der Waals surface area contributed by atoms with Crippen LogP contribution in [-0.2, 0) is 4.74 Å². The highest BCUT2D eigenvalue weighted by molar-refractivity contribution is 5.81. The summed E-state index contributed by atoms with van der Waals surface area (Å²) in [6.45, 7) is 7.04. The molecule has 2 aromatic carbocycles. The summed E-state index contributed by atoms with van der Waals surface area (Å²) in [5.41, 5.74) is 2.07. The minimum absolute atomic E-state index is 0.118. The van der Waals surface area contributed by atoms with Crippen molar-refractivity contribution in [2.24, 2.45) is 0 Å². The lowest BCUT2D eigenvalue weighted by Crippen LogP contribution is -2.40. The predicted molar refractivity (Wildman–Crippen MR) is 239 cm³/mol. The van der Waals surface area contributed by atoms with Crippen molar-refractivity contribution in [2.45, 2.75) is 75.8 Å². The van der Waals surface area contributed by atoms with E-state index in [0.29, 0.717) is 17.9 Å². The lowest BCUT2D eigenvalue weighted by atomic mass is 10.1. The lowest BCUT2D eigenvalue weighted by Gasteiger charge is -2.35. The van der Waals surface area contributed by atoms with Gasteiger partial charge in [0.25, 0.3) is 11.8 Å². The molecular weight excluding hydrogens is 769 g/mol.